The number of hydrogen-bond acceptors (Lipinski definition) is 2. The quantitative estimate of drug-likeness (QED) is 0.784. The summed E-state index contributed by atoms with van der Waals surface area (Å²) in [5.41, 5.74) is 7.75. The predicted octanol–water partition coefficient (Wildman–Crippen LogP) is 2.46. The molecule has 2 N–H and O–H groups in total. The van der Waals surface area contributed by atoms with Crippen molar-refractivity contribution in [3.8, 4) is 0 Å². The molecule has 0 unspecified atom stereocenters. The Hall–Kier alpha value is -1.51. The summed E-state index contributed by atoms with van der Waals surface area (Å²) >= 11 is 0. The number of hydrogen-bond donors (Lipinski definition) is 1. The van der Waals surface area contributed by atoms with E-state index in [0.717, 1.165) is 36.7 Å². The predicted molar refractivity (Wildman–Crippen MR) is 74.2 cm³/mol. The van der Waals surface area contributed by atoms with Crippen LogP contribution in [0.3, 0.4) is 0 Å². The van der Waals surface area contributed by atoms with Crippen LogP contribution in [0.25, 0.3) is 0 Å². The van der Waals surface area contributed by atoms with E-state index < -0.39 is 0 Å². The summed E-state index contributed by atoms with van der Waals surface area (Å²) in [4.78, 5) is 14.1. The molecule has 0 aliphatic heterocycles. The van der Waals surface area contributed by atoms with Gasteiger partial charge in [-0.3, -0.25) is 4.79 Å². The maximum absolute atomic E-state index is 12.1. The van der Waals surface area contributed by atoms with Crippen molar-refractivity contribution in [2.75, 3.05) is 18.8 Å². The zero-order valence-electron chi connectivity index (χ0n) is 11.1. The van der Waals surface area contributed by atoms with E-state index in [-0.39, 0.29) is 5.91 Å². The fraction of sp³-hybridized carbons (Fsp3) is 0.533. The van der Waals surface area contributed by atoms with Crippen LogP contribution in [0, 0.1) is 5.92 Å². The van der Waals surface area contributed by atoms with Gasteiger partial charge in [0.15, 0.2) is 0 Å². The lowest BCUT2D eigenvalue weighted by Gasteiger charge is -2.20. The van der Waals surface area contributed by atoms with E-state index in [1.807, 2.05) is 29.2 Å². The number of anilines is 1. The lowest BCUT2D eigenvalue weighted by Crippen LogP contribution is -2.32. The third-order valence-corrected chi connectivity index (χ3v) is 3.57. The molecule has 1 aliphatic carbocycles. The van der Waals surface area contributed by atoms with Crippen LogP contribution in [-0.4, -0.2) is 23.9 Å². The molecule has 3 nitrogen and oxygen atoms in total. The Morgan fingerprint density at radius 3 is 2.72 bits per heavy atom. The second-order valence-electron chi connectivity index (χ2n) is 5.07. The van der Waals surface area contributed by atoms with Crippen molar-refractivity contribution in [1.29, 1.82) is 0 Å². The highest BCUT2D eigenvalue weighted by molar-refractivity contribution is 5.76. The Kier molecular flexibility index (Phi) is 4.24. The van der Waals surface area contributed by atoms with Crippen molar-refractivity contribution in [3.63, 3.8) is 0 Å². The highest BCUT2D eigenvalue weighted by Crippen LogP contribution is 2.29. The Morgan fingerprint density at radius 1 is 1.39 bits per heavy atom. The van der Waals surface area contributed by atoms with Crippen LogP contribution in [0.2, 0.25) is 0 Å². The Morgan fingerprint density at radius 2 is 2.11 bits per heavy atom. The van der Waals surface area contributed by atoms with Crippen LogP contribution in [-0.2, 0) is 11.2 Å². The molecule has 1 aromatic rings. The SMILES string of the molecule is CCN(CC1CC1)C(=O)CCc1ccccc1N. The zero-order valence-corrected chi connectivity index (χ0v) is 11.1. The molecule has 0 atom stereocenters. The average molecular weight is 246 g/mol. The number of carbonyl (C=O) groups excluding carboxylic acids is 1. The molecule has 2 rings (SSSR count). The molecule has 1 aliphatic rings. The lowest BCUT2D eigenvalue weighted by molar-refractivity contribution is -0.131. The topological polar surface area (TPSA) is 46.3 Å². The summed E-state index contributed by atoms with van der Waals surface area (Å²) in [6, 6.07) is 7.78. The summed E-state index contributed by atoms with van der Waals surface area (Å²) in [5, 5.41) is 0. The largest absolute Gasteiger partial charge is 0.399 e. The van der Waals surface area contributed by atoms with Crippen molar-refractivity contribution in [2.24, 2.45) is 5.92 Å². The molecule has 0 radical (unpaired) electrons. The molecule has 1 amide bonds. The molecule has 0 aromatic heterocycles. The average Bonchev–Trinajstić information content (AvgIpc) is 3.18. The molecule has 18 heavy (non-hydrogen) atoms. The van der Waals surface area contributed by atoms with E-state index in [9.17, 15) is 4.79 Å². The van der Waals surface area contributed by atoms with E-state index in [2.05, 4.69) is 6.92 Å². The van der Waals surface area contributed by atoms with Gasteiger partial charge in [-0.25, -0.2) is 0 Å². The molecule has 1 fully saturated rings. The van der Waals surface area contributed by atoms with Crippen molar-refractivity contribution in [1.82, 2.24) is 4.90 Å². The van der Waals surface area contributed by atoms with Gasteiger partial charge in [0.05, 0.1) is 0 Å². The van der Waals surface area contributed by atoms with Crippen molar-refractivity contribution >= 4 is 11.6 Å². The molecular formula is C15H22N2O. The highest BCUT2D eigenvalue weighted by Gasteiger charge is 2.25. The van der Waals surface area contributed by atoms with Gasteiger partial charge in [0.1, 0.15) is 0 Å². The lowest BCUT2D eigenvalue weighted by atomic mass is 10.1. The number of para-hydroxylation sites is 1. The van der Waals surface area contributed by atoms with Crippen LogP contribution < -0.4 is 5.73 Å². The first-order valence-electron chi connectivity index (χ1n) is 6.82. The minimum Gasteiger partial charge on any atom is -0.399 e. The first-order chi connectivity index (χ1) is 8.70. The molecule has 0 heterocycles. The van der Waals surface area contributed by atoms with Crippen LogP contribution in [0.5, 0.6) is 0 Å². The Balaban J connectivity index is 1.84. The highest BCUT2D eigenvalue weighted by atomic mass is 16.2. The van der Waals surface area contributed by atoms with Crippen molar-refractivity contribution in [2.45, 2.75) is 32.6 Å². The van der Waals surface area contributed by atoms with Gasteiger partial charge in [0, 0.05) is 25.2 Å². The van der Waals surface area contributed by atoms with Gasteiger partial charge in [0.2, 0.25) is 5.91 Å². The van der Waals surface area contributed by atoms with Crippen LogP contribution in [0.1, 0.15) is 31.7 Å². The van der Waals surface area contributed by atoms with Gasteiger partial charge in [-0.05, 0) is 43.7 Å². The first-order valence-corrected chi connectivity index (χ1v) is 6.82. The molecule has 1 aromatic carbocycles. The van der Waals surface area contributed by atoms with E-state index in [1.54, 1.807) is 0 Å². The summed E-state index contributed by atoms with van der Waals surface area (Å²) in [7, 11) is 0. The molecule has 0 bridgehead atoms. The summed E-state index contributed by atoms with van der Waals surface area (Å²) in [6.07, 6.45) is 3.88. The summed E-state index contributed by atoms with van der Waals surface area (Å²) in [5.74, 6) is 1.02. The van der Waals surface area contributed by atoms with Crippen molar-refractivity contribution in [3.05, 3.63) is 29.8 Å². The monoisotopic (exact) mass is 246 g/mol. The fourth-order valence-electron chi connectivity index (χ4n) is 2.18. The van der Waals surface area contributed by atoms with Gasteiger partial charge in [-0.1, -0.05) is 18.2 Å². The number of nitrogen functional groups attached to an aromatic ring is 1. The number of aryl methyl sites for hydroxylation is 1. The standard InChI is InChI=1S/C15H22N2O/c1-2-17(11-12-7-8-12)15(18)10-9-13-5-3-4-6-14(13)16/h3-6,12H,2,7-11,16H2,1H3. The van der Waals surface area contributed by atoms with Gasteiger partial charge in [-0.2, -0.15) is 0 Å². The minimum absolute atomic E-state index is 0.257. The molecule has 98 valence electrons. The van der Waals surface area contributed by atoms with Gasteiger partial charge in [-0.15, -0.1) is 0 Å². The Bertz CT molecular complexity index is 413. The number of amides is 1. The Labute approximate surface area is 109 Å². The van der Waals surface area contributed by atoms with E-state index in [0.29, 0.717) is 6.42 Å². The molecule has 1 saturated carbocycles. The van der Waals surface area contributed by atoms with Gasteiger partial charge >= 0.3 is 0 Å². The van der Waals surface area contributed by atoms with Gasteiger partial charge < -0.3 is 10.6 Å². The van der Waals surface area contributed by atoms with Crippen LogP contribution in [0.15, 0.2) is 24.3 Å². The van der Waals surface area contributed by atoms with Crippen LogP contribution >= 0.6 is 0 Å². The number of nitrogens with two attached hydrogens (primary N) is 1. The third-order valence-electron chi connectivity index (χ3n) is 3.57. The number of carbonyl (C=O) groups is 1. The molecule has 0 saturated heterocycles. The first kappa shape index (κ1) is 12.9. The number of benzene rings is 1. The maximum atomic E-state index is 12.1. The minimum atomic E-state index is 0.257. The number of nitrogens with zero attached hydrogens (tertiary/aromatic N) is 1. The molecule has 0 spiro atoms. The maximum Gasteiger partial charge on any atom is 0.222 e. The smallest absolute Gasteiger partial charge is 0.222 e. The van der Waals surface area contributed by atoms with E-state index >= 15 is 0 Å². The third kappa shape index (κ3) is 3.49. The number of rotatable bonds is 6. The molecular weight excluding hydrogens is 224 g/mol. The summed E-state index contributed by atoms with van der Waals surface area (Å²) in [6.45, 7) is 3.82. The van der Waals surface area contributed by atoms with E-state index in [4.69, 9.17) is 5.73 Å². The van der Waals surface area contributed by atoms with Crippen LogP contribution in [0.4, 0.5) is 5.69 Å². The van der Waals surface area contributed by atoms with Crippen molar-refractivity contribution < 1.29 is 4.79 Å². The normalized spacial score (nSPS) is 14.5. The zero-order chi connectivity index (χ0) is 13.0. The van der Waals surface area contributed by atoms with E-state index in [1.165, 1.54) is 12.8 Å². The summed E-state index contributed by atoms with van der Waals surface area (Å²) < 4.78 is 0. The molecule has 3 heteroatoms. The van der Waals surface area contributed by atoms with Gasteiger partial charge in [0.25, 0.3) is 0 Å². The second-order valence-corrected chi connectivity index (χ2v) is 5.07. The fourth-order valence-corrected chi connectivity index (χ4v) is 2.18. The second kappa shape index (κ2) is 5.89.